The number of aliphatic hydroxyl groups is 2. The van der Waals surface area contributed by atoms with Crippen LogP contribution in [0, 0.1) is 0 Å². The number of amides is 1. The normalized spacial score (nSPS) is 18.3. The number of imidazole rings is 2. The maximum absolute atomic E-state index is 12.3. The topological polar surface area (TPSA) is 192 Å². The predicted molar refractivity (Wildman–Crippen MR) is 200 cm³/mol. The number of hydrogen-bond donors (Lipinski definition) is 6. The molecule has 3 heterocycles. The third-order valence-electron chi connectivity index (χ3n) is 9.29. The van der Waals surface area contributed by atoms with E-state index in [1.54, 1.807) is 10.9 Å². The Labute approximate surface area is 315 Å². The van der Waals surface area contributed by atoms with Crippen LogP contribution < -0.4 is 16.0 Å². The number of aliphatic carboxylic acids is 1. The summed E-state index contributed by atoms with van der Waals surface area (Å²) in [6.07, 6.45) is 0.287. The van der Waals surface area contributed by atoms with Crippen LogP contribution in [-0.4, -0.2) is 93.8 Å². The van der Waals surface area contributed by atoms with Crippen molar-refractivity contribution in [1.29, 1.82) is 0 Å². The van der Waals surface area contributed by atoms with Crippen molar-refractivity contribution in [2.24, 2.45) is 0 Å². The molecule has 6 N–H and O–H groups in total. The molecule has 55 heavy (non-hydrogen) atoms. The number of anilines is 2. The van der Waals surface area contributed by atoms with E-state index in [0.29, 0.717) is 67.7 Å². The first-order chi connectivity index (χ1) is 26.3. The maximum Gasteiger partial charge on any atom is 0.490 e. The molecule has 0 radical (unpaired) electrons. The largest absolute Gasteiger partial charge is 0.490 e. The standard InChI is InChI=1S/C36H45N9O3.C2HF3O2/c1-4-11-30(46)41-28-18-29(33(48)32(28)47)45-22-40-31-34(38-19-27(24-12-7-5-8-13-24)25-14-9-6-10-15-25)42-36(43-35(31)45)37-17-16-26-20-44(21-39-26)23(2)3;3-2(4,5)1(6)7/h5-10,12-15,20-23,27-29,32-33,47-48H,4,11,16-19H2,1-3H3,(H,41,46)(H2,37,38,42,43);(H,6,7)/t28-,29+,32+,33-;/m0./s1. The number of carbonyl (C=O) groups excluding carboxylic acids is 1. The molecule has 5 aromatic rings. The number of alkyl halides is 3. The SMILES string of the molecule is CCCC(=O)N[C@H]1C[C@@H](n2cnc3c(NCC(c4ccccc4)c4ccccc4)nc(NCCc4cn(C(C)C)cn4)nc32)[C@H](O)[C@@H]1O.O=C(O)C(F)(F)F. The Kier molecular flexibility index (Phi) is 13.4. The lowest BCUT2D eigenvalue weighted by Gasteiger charge is -2.20. The van der Waals surface area contributed by atoms with E-state index in [9.17, 15) is 28.2 Å². The van der Waals surface area contributed by atoms with E-state index < -0.39 is 36.4 Å². The number of benzene rings is 2. The van der Waals surface area contributed by atoms with E-state index in [-0.39, 0.29) is 11.8 Å². The summed E-state index contributed by atoms with van der Waals surface area (Å²) >= 11 is 0. The number of fused-ring (bicyclic) bond motifs is 1. The second-order valence-electron chi connectivity index (χ2n) is 13.6. The van der Waals surface area contributed by atoms with Crippen molar-refractivity contribution in [3.63, 3.8) is 0 Å². The van der Waals surface area contributed by atoms with Gasteiger partial charge in [-0.25, -0.2) is 14.8 Å². The number of nitrogens with one attached hydrogen (secondary N) is 3. The fourth-order valence-electron chi connectivity index (χ4n) is 6.39. The van der Waals surface area contributed by atoms with E-state index >= 15 is 0 Å². The van der Waals surface area contributed by atoms with Crippen molar-refractivity contribution in [2.75, 3.05) is 23.7 Å². The smallest absolute Gasteiger partial charge is 0.475 e. The molecule has 1 fully saturated rings. The van der Waals surface area contributed by atoms with Gasteiger partial charge in [0.2, 0.25) is 11.9 Å². The average molecular weight is 766 g/mol. The van der Waals surface area contributed by atoms with Gasteiger partial charge in [0.15, 0.2) is 17.0 Å². The zero-order chi connectivity index (χ0) is 39.7. The Morgan fingerprint density at radius 2 is 1.56 bits per heavy atom. The van der Waals surface area contributed by atoms with Gasteiger partial charge in [-0.1, -0.05) is 67.6 Å². The molecule has 1 aliphatic rings. The molecule has 6 rings (SSSR count). The summed E-state index contributed by atoms with van der Waals surface area (Å²) in [5.41, 5.74) is 4.38. The molecule has 17 heteroatoms. The fourth-order valence-corrected chi connectivity index (χ4v) is 6.39. The van der Waals surface area contributed by atoms with Crippen LogP contribution in [0.2, 0.25) is 0 Å². The number of carboxylic acids is 1. The van der Waals surface area contributed by atoms with Crippen molar-refractivity contribution in [3.8, 4) is 0 Å². The zero-order valence-electron chi connectivity index (χ0n) is 30.7. The van der Waals surface area contributed by atoms with E-state index in [1.165, 1.54) is 11.1 Å². The highest BCUT2D eigenvalue weighted by atomic mass is 19.4. The molecule has 0 unspecified atom stereocenters. The van der Waals surface area contributed by atoms with E-state index in [0.717, 1.165) is 5.69 Å². The molecule has 4 atom stereocenters. The van der Waals surface area contributed by atoms with Crippen LogP contribution in [0.1, 0.15) is 74.9 Å². The minimum Gasteiger partial charge on any atom is -0.475 e. The fraction of sp³-hybridized carbons (Fsp3) is 0.421. The molecular formula is C38H46F3N9O5. The lowest BCUT2D eigenvalue weighted by molar-refractivity contribution is -0.192. The summed E-state index contributed by atoms with van der Waals surface area (Å²) in [5, 5.41) is 39.0. The number of nitrogens with zero attached hydrogens (tertiary/aromatic N) is 6. The molecule has 1 saturated carbocycles. The highest BCUT2D eigenvalue weighted by Crippen LogP contribution is 2.35. The summed E-state index contributed by atoms with van der Waals surface area (Å²) < 4.78 is 35.6. The summed E-state index contributed by atoms with van der Waals surface area (Å²) in [7, 11) is 0. The van der Waals surface area contributed by atoms with Crippen LogP contribution in [0.3, 0.4) is 0 Å². The molecule has 0 spiro atoms. The second kappa shape index (κ2) is 18.2. The quantitative estimate of drug-likeness (QED) is 0.0883. The Bertz CT molecular complexity index is 1970. The Hall–Kier alpha value is -5.55. The third kappa shape index (κ3) is 10.4. The van der Waals surface area contributed by atoms with Gasteiger partial charge in [0, 0.05) is 44.1 Å². The van der Waals surface area contributed by atoms with Crippen LogP contribution in [0.25, 0.3) is 11.2 Å². The molecule has 294 valence electrons. The molecule has 0 aliphatic heterocycles. The number of hydrogen-bond acceptors (Lipinski definition) is 10. The van der Waals surface area contributed by atoms with Crippen LogP contribution >= 0.6 is 0 Å². The molecule has 2 aromatic carbocycles. The van der Waals surface area contributed by atoms with Gasteiger partial charge in [-0.2, -0.15) is 23.1 Å². The minimum absolute atomic E-state index is 0.0475. The minimum atomic E-state index is -5.08. The lowest BCUT2D eigenvalue weighted by atomic mass is 9.91. The molecular weight excluding hydrogens is 719 g/mol. The monoisotopic (exact) mass is 765 g/mol. The van der Waals surface area contributed by atoms with Crippen molar-refractivity contribution in [2.45, 2.75) is 88.9 Å². The number of carboxylic acid groups (broad SMARTS) is 1. The highest BCUT2D eigenvalue weighted by molar-refractivity contribution is 5.84. The Balaban J connectivity index is 0.000000757. The number of carbonyl (C=O) groups is 2. The van der Waals surface area contributed by atoms with Crippen LogP contribution in [0.15, 0.2) is 79.5 Å². The molecule has 0 saturated heterocycles. The van der Waals surface area contributed by atoms with Gasteiger partial charge >= 0.3 is 12.1 Å². The van der Waals surface area contributed by atoms with Crippen molar-refractivity contribution in [1.82, 2.24) is 34.4 Å². The first-order valence-electron chi connectivity index (χ1n) is 18.1. The summed E-state index contributed by atoms with van der Waals surface area (Å²) in [6, 6.07) is 19.9. The van der Waals surface area contributed by atoms with Gasteiger partial charge in [0.05, 0.1) is 30.4 Å². The van der Waals surface area contributed by atoms with Gasteiger partial charge in [-0.15, -0.1) is 0 Å². The maximum atomic E-state index is 12.3. The van der Waals surface area contributed by atoms with Crippen molar-refractivity contribution < 1.29 is 38.1 Å². The molecule has 1 amide bonds. The van der Waals surface area contributed by atoms with Crippen LogP contribution in [0.5, 0.6) is 0 Å². The number of rotatable bonds is 14. The highest BCUT2D eigenvalue weighted by Gasteiger charge is 2.44. The number of aromatic nitrogens is 6. The third-order valence-corrected chi connectivity index (χ3v) is 9.29. The van der Waals surface area contributed by atoms with Gasteiger partial charge < -0.3 is 40.4 Å². The van der Waals surface area contributed by atoms with Gasteiger partial charge in [0.25, 0.3) is 0 Å². The summed E-state index contributed by atoms with van der Waals surface area (Å²) in [5.74, 6) is -1.89. The summed E-state index contributed by atoms with van der Waals surface area (Å²) in [6.45, 7) is 7.27. The molecule has 3 aromatic heterocycles. The Morgan fingerprint density at radius 3 is 2.13 bits per heavy atom. The van der Waals surface area contributed by atoms with E-state index in [4.69, 9.17) is 24.9 Å². The van der Waals surface area contributed by atoms with Gasteiger partial charge in [-0.3, -0.25) is 4.79 Å². The average Bonchev–Trinajstić information content (AvgIpc) is 3.88. The van der Waals surface area contributed by atoms with Crippen LogP contribution in [0.4, 0.5) is 24.9 Å². The number of aliphatic hydroxyl groups excluding tert-OH is 2. The zero-order valence-corrected chi connectivity index (χ0v) is 30.7. The van der Waals surface area contributed by atoms with Crippen molar-refractivity contribution >= 4 is 34.8 Å². The van der Waals surface area contributed by atoms with E-state index in [1.807, 2.05) is 55.8 Å². The van der Waals surface area contributed by atoms with Crippen molar-refractivity contribution in [3.05, 3.63) is 96.3 Å². The second-order valence-corrected chi connectivity index (χ2v) is 13.6. The molecule has 0 bridgehead atoms. The first kappa shape index (κ1) is 40.6. The summed E-state index contributed by atoms with van der Waals surface area (Å²) in [4.78, 5) is 40.2. The van der Waals surface area contributed by atoms with Gasteiger partial charge in [-0.05, 0) is 37.8 Å². The van der Waals surface area contributed by atoms with E-state index in [2.05, 4.69) is 63.6 Å². The number of halogens is 3. The Morgan fingerprint density at radius 1 is 0.927 bits per heavy atom. The molecule has 1 aliphatic carbocycles. The molecule has 14 nitrogen and oxygen atoms in total. The first-order valence-corrected chi connectivity index (χ1v) is 18.1. The van der Waals surface area contributed by atoms with Gasteiger partial charge in [0.1, 0.15) is 12.2 Å². The predicted octanol–water partition coefficient (Wildman–Crippen LogP) is 5.09. The van der Waals surface area contributed by atoms with Crippen LogP contribution in [-0.2, 0) is 16.0 Å². The lowest BCUT2D eigenvalue weighted by Crippen LogP contribution is -2.42.